The van der Waals surface area contributed by atoms with Crippen molar-refractivity contribution in [1.82, 2.24) is 4.90 Å². The summed E-state index contributed by atoms with van der Waals surface area (Å²) in [6, 6.07) is 0. The summed E-state index contributed by atoms with van der Waals surface area (Å²) in [7, 11) is 1.80. The standard InChI is InChI=1S/C14H27NO3/c1-13(17-2)5-3-7-15(9-13)10-14(11-16)6-4-8-18-12-14/h16H,3-12H2,1-2H3. The van der Waals surface area contributed by atoms with Gasteiger partial charge in [-0.3, -0.25) is 4.90 Å². The Morgan fingerprint density at radius 1 is 1.33 bits per heavy atom. The summed E-state index contributed by atoms with van der Waals surface area (Å²) in [5.74, 6) is 0. The average Bonchev–Trinajstić information content (AvgIpc) is 2.40. The molecule has 2 atom stereocenters. The molecule has 2 saturated heterocycles. The fourth-order valence-corrected chi connectivity index (χ4v) is 3.29. The topological polar surface area (TPSA) is 41.9 Å². The summed E-state index contributed by atoms with van der Waals surface area (Å²) in [6.07, 6.45) is 4.44. The van der Waals surface area contributed by atoms with E-state index in [1.54, 1.807) is 7.11 Å². The lowest BCUT2D eigenvalue weighted by Crippen LogP contribution is -2.53. The molecule has 18 heavy (non-hydrogen) atoms. The lowest BCUT2D eigenvalue weighted by Gasteiger charge is -2.45. The summed E-state index contributed by atoms with van der Waals surface area (Å²) in [5, 5.41) is 9.72. The van der Waals surface area contributed by atoms with E-state index >= 15 is 0 Å². The summed E-state index contributed by atoms with van der Waals surface area (Å²) in [4.78, 5) is 2.44. The van der Waals surface area contributed by atoms with Gasteiger partial charge in [0.15, 0.2) is 0 Å². The third-order valence-electron chi connectivity index (χ3n) is 4.53. The Bertz CT molecular complexity index is 266. The highest BCUT2D eigenvalue weighted by Crippen LogP contribution is 2.32. The summed E-state index contributed by atoms with van der Waals surface area (Å²) < 4.78 is 11.2. The van der Waals surface area contributed by atoms with Gasteiger partial charge < -0.3 is 14.6 Å². The number of rotatable bonds is 4. The van der Waals surface area contributed by atoms with Crippen LogP contribution < -0.4 is 0 Å². The monoisotopic (exact) mass is 257 g/mol. The lowest BCUT2D eigenvalue weighted by atomic mass is 9.81. The molecule has 2 rings (SSSR count). The number of methoxy groups -OCH3 is 1. The number of hydrogen-bond acceptors (Lipinski definition) is 4. The van der Waals surface area contributed by atoms with Crippen LogP contribution in [0.3, 0.4) is 0 Å². The van der Waals surface area contributed by atoms with Gasteiger partial charge in [0.2, 0.25) is 0 Å². The quantitative estimate of drug-likeness (QED) is 0.824. The molecule has 0 aliphatic carbocycles. The predicted octanol–water partition coefficient (Wildman–Crippen LogP) is 1.28. The third-order valence-corrected chi connectivity index (χ3v) is 4.53. The summed E-state index contributed by atoms with van der Waals surface area (Å²) in [6.45, 7) is 6.96. The molecule has 0 spiro atoms. The van der Waals surface area contributed by atoms with Gasteiger partial charge in [0.05, 0.1) is 18.8 Å². The highest BCUT2D eigenvalue weighted by Gasteiger charge is 2.38. The summed E-state index contributed by atoms with van der Waals surface area (Å²) in [5.41, 5.74) is -0.0747. The van der Waals surface area contributed by atoms with E-state index in [0.717, 1.165) is 45.5 Å². The first kappa shape index (κ1) is 14.3. The molecule has 0 aromatic carbocycles. The number of likely N-dealkylation sites (tertiary alicyclic amines) is 1. The Labute approximate surface area is 110 Å². The van der Waals surface area contributed by atoms with E-state index in [2.05, 4.69) is 11.8 Å². The van der Waals surface area contributed by atoms with Crippen molar-refractivity contribution in [2.45, 2.75) is 38.2 Å². The van der Waals surface area contributed by atoms with Crippen molar-refractivity contribution >= 4 is 0 Å². The first-order valence-electron chi connectivity index (χ1n) is 7.08. The molecule has 2 aliphatic heterocycles. The Kier molecular flexibility index (Phi) is 4.64. The van der Waals surface area contributed by atoms with Crippen molar-refractivity contribution in [3.8, 4) is 0 Å². The van der Waals surface area contributed by atoms with E-state index in [1.165, 1.54) is 6.42 Å². The van der Waals surface area contributed by atoms with Gasteiger partial charge in [0.1, 0.15) is 0 Å². The molecular formula is C14H27NO3. The van der Waals surface area contributed by atoms with Crippen LogP contribution in [0, 0.1) is 5.41 Å². The molecule has 2 aliphatic rings. The molecule has 0 amide bonds. The van der Waals surface area contributed by atoms with Gasteiger partial charge in [-0.2, -0.15) is 0 Å². The highest BCUT2D eigenvalue weighted by atomic mass is 16.5. The minimum Gasteiger partial charge on any atom is -0.396 e. The Morgan fingerprint density at radius 2 is 2.17 bits per heavy atom. The smallest absolute Gasteiger partial charge is 0.0777 e. The van der Waals surface area contributed by atoms with Crippen LogP contribution in [0.15, 0.2) is 0 Å². The maximum atomic E-state index is 9.72. The maximum Gasteiger partial charge on any atom is 0.0777 e. The molecule has 106 valence electrons. The Morgan fingerprint density at radius 3 is 2.78 bits per heavy atom. The zero-order chi connectivity index (χ0) is 13.1. The van der Waals surface area contributed by atoms with Gasteiger partial charge in [-0.05, 0) is 39.2 Å². The molecule has 1 N–H and O–H groups in total. The van der Waals surface area contributed by atoms with Gasteiger partial charge in [-0.25, -0.2) is 0 Å². The van der Waals surface area contributed by atoms with E-state index < -0.39 is 0 Å². The van der Waals surface area contributed by atoms with Crippen molar-refractivity contribution < 1.29 is 14.6 Å². The molecule has 0 bridgehead atoms. The number of nitrogens with zero attached hydrogens (tertiary/aromatic N) is 1. The van der Waals surface area contributed by atoms with Crippen LogP contribution in [0.1, 0.15) is 32.6 Å². The highest BCUT2D eigenvalue weighted by molar-refractivity contribution is 4.90. The van der Waals surface area contributed by atoms with Crippen molar-refractivity contribution in [3.05, 3.63) is 0 Å². The van der Waals surface area contributed by atoms with E-state index in [1.807, 2.05) is 0 Å². The molecule has 2 unspecified atom stereocenters. The SMILES string of the molecule is COC1(C)CCCN(CC2(CO)CCCOC2)C1. The second kappa shape index (κ2) is 5.87. The predicted molar refractivity (Wildman–Crippen MR) is 70.7 cm³/mol. The van der Waals surface area contributed by atoms with E-state index in [-0.39, 0.29) is 17.6 Å². The molecule has 0 aromatic heterocycles. The first-order valence-corrected chi connectivity index (χ1v) is 7.08. The molecule has 2 heterocycles. The zero-order valence-corrected chi connectivity index (χ0v) is 11.8. The number of ether oxygens (including phenoxy) is 2. The van der Waals surface area contributed by atoms with Gasteiger partial charge in [-0.15, -0.1) is 0 Å². The molecule has 4 nitrogen and oxygen atoms in total. The van der Waals surface area contributed by atoms with E-state index in [4.69, 9.17) is 9.47 Å². The molecule has 2 fully saturated rings. The lowest BCUT2D eigenvalue weighted by molar-refractivity contribution is -0.0897. The maximum absolute atomic E-state index is 9.72. The van der Waals surface area contributed by atoms with Crippen molar-refractivity contribution in [2.75, 3.05) is 46.6 Å². The van der Waals surface area contributed by atoms with Crippen LogP contribution in [-0.4, -0.2) is 62.2 Å². The normalized spacial score (nSPS) is 38.8. The van der Waals surface area contributed by atoms with Crippen LogP contribution in [-0.2, 0) is 9.47 Å². The van der Waals surface area contributed by atoms with Crippen LogP contribution in [0.25, 0.3) is 0 Å². The largest absolute Gasteiger partial charge is 0.396 e. The van der Waals surface area contributed by atoms with E-state index in [9.17, 15) is 5.11 Å². The fourth-order valence-electron chi connectivity index (χ4n) is 3.29. The van der Waals surface area contributed by atoms with Crippen LogP contribution in [0.5, 0.6) is 0 Å². The number of aliphatic hydroxyl groups is 1. The van der Waals surface area contributed by atoms with Gasteiger partial charge >= 0.3 is 0 Å². The van der Waals surface area contributed by atoms with Gasteiger partial charge in [-0.1, -0.05) is 0 Å². The van der Waals surface area contributed by atoms with Crippen molar-refractivity contribution in [2.24, 2.45) is 5.41 Å². The molecule has 0 saturated carbocycles. The van der Waals surface area contributed by atoms with Gasteiger partial charge in [0.25, 0.3) is 0 Å². The molecule has 0 aromatic rings. The fraction of sp³-hybridized carbons (Fsp3) is 1.00. The molecule has 4 heteroatoms. The second-order valence-corrected chi connectivity index (χ2v) is 6.28. The van der Waals surface area contributed by atoms with Crippen molar-refractivity contribution in [1.29, 1.82) is 0 Å². The van der Waals surface area contributed by atoms with E-state index in [0.29, 0.717) is 6.61 Å². The summed E-state index contributed by atoms with van der Waals surface area (Å²) >= 11 is 0. The number of aliphatic hydroxyl groups excluding tert-OH is 1. The number of hydrogen-bond donors (Lipinski definition) is 1. The second-order valence-electron chi connectivity index (χ2n) is 6.28. The third kappa shape index (κ3) is 3.23. The Hall–Kier alpha value is -0.160. The van der Waals surface area contributed by atoms with Crippen LogP contribution >= 0.6 is 0 Å². The number of piperidine rings is 1. The first-order chi connectivity index (χ1) is 8.61. The average molecular weight is 257 g/mol. The minimum absolute atomic E-state index is 0.0234. The van der Waals surface area contributed by atoms with Gasteiger partial charge in [0, 0.05) is 32.2 Å². The molecular weight excluding hydrogens is 230 g/mol. The zero-order valence-electron chi connectivity index (χ0n) is 11.8. The van der Waals surface area contributed by atoms with Crippen molar-refractivity contribution in [3.63, 3.8) is 0 Å². The molecule has 0 radical (unpaired) electrons. The Balaban J connectivity index is 1.94. The van der Waals surface area contributed by atoms with Crippen LogP contribution in [0.2, 0.25) is 0 Å². The minimum atomic E-state index is -0.0513. The van der Waals surface area contributed by atoms with Crippen LogP contribution in [0.4, 0.5) is 0 Å².